The maximum atomic E-state index is 13.5. The van der Waals surface area contributed by atoms with E-state index in [0.717, 1.165) is 43.2 Å². The lowest BCUT2D eigenvalue weighted by Crippen LogP contribution is -2.33. The third-order valence-corrected chi connectivity index (χ3v) is 6.65. The predicted molar refractivity (Wildman–Crippen MR) is 123 cm³/mol. The van der Waals surface area contributed by atoms with E-state index in [-0.39, 0.29) is 11.3 Å². The third-order valence-electron chi connectivity index (χ3n) is 6.65. The number of unbranched alkanes of at least 4 members (excludes halogenated alkanes) is 1. The van der Waals surface area contributed by atoms with Crippen molar-refractivity contribution < 1.29 is 9.53 Å². The molecule has 1 aliphatic heterocycles. The number of carbonyl (C=O) groups is 1. The quantitative estimate of drug-likeness (QED) is 0.475. The summed E-state index contributed by atoms with van der Waals surface area (Å²) >= 11 is 0. The summed E-state index contributed by atoms with van der Waals surface area (Å²) in [6.45, 7) is 7.91. The maximum Gasteiger partial charge on any atom is 0.258 e. The molecule has 3 nitrogen and oxygen atoms in total. The van der Waals surface area contributed by atoms with Gasteiger partial charge in [0, 0.05) is 17.8 Å². The van der Waals surface area contributed by atoms with E-state index < -0.39 is 0 Å². The highest BCUT2D eigenvalue weighted by atomic mass is 16.5. The lowest BCUT2D eigenvalue weighted by Gasteiger charge is -2.29. The number of rotatable bonds is 8. The molecule has 0 bridgehead atoms. The first-order valence-corrected chi connectivity index (χ1v) is 11.4. The van der Waals surface area contributed by atoms with Crippen LogP contribution < -0.4 is 9.64 Å². The average Bonchev–Trinajstić information content (AvgIpc) is 3.62. The van der Waals surface area contributed by atoms with Crippen LogP contribution in [0.15, 0.2) is 61.2 Å². The van der Waals surface area contributed by atoms with Gasteiger partial charge in [0.2, 0.25) is 0 Å². The lowest BCUT2D eigenvalue weighted by molar-refractivity contribution is 0.0985. The van der Waals surface area contributed by atoms with Crippen LogP contribution in [0.5, 0.6) is 5.75 Å². The Hall–Kier alpha value is -2.55. The molecule has 0 radical (unpaired) electrons. The second-order valence-electron chi connectivity index (χ2n) is 8.96. The van der Waals surface area contributed by atoms with E-state index in [0.29, 0.717) is 12.1 Å². The zero-order chi connectivity index (χ0) is 21.0. The van der Waals surface area contributed by atoms with Crippen molar-refractivity contribution in [3.05, 3.63) is 72.3 Å². The van der Waals surface area contributed by atoms with Crippen LogP contribution in [0.3, 0.4) is 0 Å². The molecular weight excluding hydrogens is 370 g/mol. The van der Waals surface area contributed by atoms with E-state index in [9.17, 15) is 4.79 Å². The van der Waals surface area contributed by atoms with Gasteiger partial charge in [-0.2, -0.15) is 0 Å². The van der Waals surface area contributed by atoms with Crippen molar-refractivity contribution in [1.82, 2.24) is 0 Å². The number of fused-ring (bicyclic) bond motifs is 1. The maximum absolute atomic E-state index is 13.5. The van der Waals surface area contributed by atoms with Crippen molar-refractivity contribution in [3.8, 4) is 5.75 Å². The van der Waals surface area contributed by atoms with E-state index in [1.54, 1.807) is 0 Å². The van der Waals surface area contributed by atoms with Crippen LogP contribution in [0.4, 0.5) is 5.69 Å². The van der Waals surface area contributed by atoms with Crippen molar-refractivity contribution in [3.63, 3.8) is 0 Å². The van der Waals surface area contributed by atoms with Crippen molar-refractivity contribution >= 4 is 11.6 Å². The molecule has 158 valence electrons. The Morgan fingerprint density at radius 2 is 1.97 bits per heavy atom. The predicted octanol–water partition coefficient (Wildman–Crippen LogP) is 6.43. The van der Waals surface area contributed by atoms with Gasteiger partial charge in [0.15, 0.2) is 0 Å². The summed E-state index contributed by atoms with van der Waals surface area (Å²) in [5.74, 6) is 1.63. The van der Waals surface area contributed by atoms with Crippen LogP contribution in [0, 0.1) is 11.3 Å². The smallest absolute Gasteiger partial charge is 0.258 e. The zero-order valence-corrected chi connectivity index (χ0v) is 18.1. The van der Waals surface area contributed by atoms with E-state index in [1.165, 1.54) is 31.2 Å². The minimum atomic E-state index is 0.0572. The van der Waals surface area contributed by atoms with Gasteiger partial charge in [0.05, 0.1) is 6.61 Å². The lowest BCUT2D eigenvalue weighted by atomic mass is 9.75. The first-order chi connectivity index (χ1) is 14.6. The number of carbonyl (C=O) groups excluding carboxylic acids is 1. The monoisotopic (exact) mass is 403 g/mol. The molecule has 1 unspecified atom stereocenters. The molecule has 30 heavy (non-hydrogen) atoms. The van der Waals surface area contributed by atoms with Gasteiger partial charge in [0.25, 0.3) is 5.91 Å². The van der Waals surface area contributed by atoms with Crippen LogP contribution >= 0.6 is 0 Å². The Kier molecular flexibility index (Phi) is 6.26. The van der Waals surface area contributed by atoms with Gasteiger partial charge in [-0.05, 0) is 79.3 Å². The van der Waals surface area contributed by atoms with Gasteiger partial charge in [-0.3, -0.25) is 4.79 Å². The summed E-state index contributed by atoms with van der Waals surface area (Å²) in [5.41, 5.74) is 3.05. The molecule has 0 aromatic heterocycles. The second kappa shape index (κ2) is 9.07. The van der Waals surface area contributed by atoms with Crippen LogP contribution in [0.1, 0.15) is 61.4 Å². The molecule has 1 heterocycles. The molecule has 4 rings (SSSR count). The Bertz CT molecular complexity index is 884. The minimum absolute atomic E-state index is 0.0572. The standard InChI is InChI=1S/C27H33NO2/c1-3-5-16-27(4-2)17-18-28(25-9-7-6-8-23(25)19-27)26(29)22-12-14-24(15-13-22)30-20-21-10-11-21/h4,6-9,12-15,21H,2-3,5,10-11,16-20H2,1H3. The highest BCUT2D eigenvalue weighted by Gasteiger charge is 2.34. The minimum Gasteiger partial charge on any atom is -0.493 e. The molecule has 2 aromatic rings. The molecular formula is C27H33NO2. The molecule has 0 N–H and O–H groups in total. The number of amides is 1. The Balaban J connectivity index is 1.55. The fraction of sp³-hybridized carbons (Fsp3) is 0.444. The highest BCUT2D eigenvalue weighted by Crippen LogP contribution is 2.41. The molecule has 0 saturated heterocycles. The van der Waals surface area contributed by atoms with Gasteiger partial charge >= 0.3 is 0 Å². The molecule has 1 amide bonds. The van der Waals surface area contributed by atoms with Gasteiger partial charge in [0.1, 0.15) is 5.75 Å². The van der Waals surface area contributed by atoms with E-state index in [2.05, 4.69) is 37.8 Å². The largest absolute Gasteiger partial charge is 0.493 e. The summed E-state index contributed by atoms with van der Waals surface area (Å²) in [5, 5.41) is 0. The number of hydrogen-bond donors (Lipinski definition) is 0. The fourth-order valence-corrected chi connectivity index (χ4v) is 4.42. The number of anilines is 1. The van der Waals surface area contributed by atoms with Crippen LogP contribution in [-0.4, -0.2) is 19.1 Å². The van der Waals surface area contributed by atoms with Crippen molar-refractivity contribution in [2.45, 2.75) is 51.9 Å². The molecule has 3 heteroatoms. The topological polar surface area (TPSA) is 29.5 Å². The van der Waals surface area contributed by atoms with Gasteiger partial charge in [-0.1, -0.05) is 44.0 Å². The average molecular weight is 404 g/mol. The SMILES string of the molecule is C=CC1(CCCC)CCN(C(=O)c2ccc(OCC3CC3)cc2)c2ccccc2C1. The molecule has 0 spiro atoms. The third kappa shape index (κ3) is 4.61. The summed E-state index contributed by atoms with van der Waals surface area (Å²) in [6, 6.07) is 16.0. The Labute approximate surface area is 180 Å². The number of benzene rings is 2. The van der Waals surface area contributed by atoms with E-state index >= 15 is 0 Å². The molecule has 1 atom stereocenters. The fourth-order valence-electron chi connectivity index (χ4n) is 4.42. The number of nitrogens with zero attached hydrogens (tertiary/aromatic N) is 1. The highest BCUT2D eigenvalue weighted by molar-refractivity contribution is 6.06. The van der Waals surface area contributed by atoms with E-state index in [1.807, 2.05) is 35.2 Å². The van der Waals surface area contributed by atoms with Crippen LogP contribution in [0.2, 0.25) is 0 Å². The first-order valence-electron chi connectivity index (χ1n) is 11.4. The number of hydrogen-bond acceptors (Lipinski definition) is 2. The number of allylic oxidation sites excluding steroid dienone is 1. The van der Waals surface area contributed by atoms with Crippen molar-refractivity contribution in [2.24, 2.45) is 11.3 Å². The normalized spacial score (nSPS) is 20.9. The summed E-state index contributed by atoms with van der Waals surface area (Å²) in [7, 11) is 0. The molecule has 1 fully saturated rings. The van der Waals surface area contributed by atoms with Crippen molar-refractivity contribution in [2.75, 3.05) is 18.1 Å². The van der Waals surface area contributed by atoms with E-state index in [4.69, 9.17) is 4.74 Å². The molecule has 1 aliphatic carbocycles. The molecule has 2 aliphatic rings. The van der Waals surface area contributed by atoms with Crippen LogP contribution in [0.25, 0.3) is 0 Å². The summed E-state index contributed by atoms with van der Waals surface area (Å²) < 4.78 is 5.83. The molecule has 2 aromatic carbocycles. The van der Waals surface area contributed by atoms with Gasteiger partial charge in [-0.15, -0.1) is 6.58 Å². The summed E-state index contributed by atoms with van der Waals surface area (Å²) in [6.07, 6.45) is 10.1. The van der Waals surface area contributed by atoms with Crippen LogP contribution in [-0.2, 0) is 6.42 Å². The molecule has 1 saturated carbocycles. The van der Waals surface area contributed by atoms with Gasteiger partial charge in [-0.25, -0.2) is 0 Å². The van der Waals surface area contributed by atoms with Crippen molar-refractivity contribution in [1.29, 1.82) is 0 Å². The summed E-state index contributed by atoms with van der Waals surface area (Å²) in [4.78, 5) is 15.4. The zero-order valence-electron chi connectivity index (χ0n) is 18.1. The number of ether oxygens (including phenoxy) is 1. The Morgan fingerprint density at radius 3 is 2.67 bits per heavy atom. The first kappa shape index (κ1) is 20.7. The van der Waals surface area contributed by atoms with Gasteiger partial charge < -0.3 is 9.64 Å². The second-order valence-corrected chi connectivity index (χ2v) is 8.96. The Morgan fingerprint density at radius 1 is 1.20 bits per heavy atom. The number of para-hydroxylation sites is 1.